The number of nitrogens with one attached hydrogen (secondary N) is 2. The van der Waals surface area contributed by atoms with Crippen molar-refractivity contribution in [1.82, 2.24) is 4.98 Å². The summed E-state index contributed by atoms with van der Waals surface area (Å²) < 4.78 is 36.5. The minimum Gasteiger partial charge on any atom is -0.322 e. The van der Waals surface area contributed by atoms with Gasteiger partial charge < -0.3 is 10.6 Å². The normalized spacial score (nSPS) is 11.2. The number of pyridine rings is 1. The fourth-order valence-electron chi connectivity index (χ4n) is 3.99. The Morgan fingerprint density at radius 1 is 0.744 bits per heavy atom. The Morgan fingerprint density at radius 2 is 1.44 bits per heavy atom. The number of amides is 2. The number of para-hydroxylation sites is 1. The average Bonchev–Trinajstić information content (AvgIpc) is 2.93. The minimum absolute atomic E-state index is 0.121. The molecule has 0 spiro atoms. The molecule has 1 heterocycles. The molecule has 0 unspecified atom stereocenters. The monoisotopic (exact) mass is 540 g/mol. The maximum absolute atomic E-state index is 13.4. The van der Waals surface area contributed by atoms with Crippen LogP contribution in [0.4, 0.5) is 15.8 Å². The van der Waals surface area contributed by atoms with E-state index in [-0.39, 0.29) is 22.3 Å². The molecule has 4 N–H and O–H groups in total. The van der Waals surface area contributed by atoms with Crippen LogP contribution in [-0.4, -0.2) is 25.2 Å². The van der Waals surface area contributed by atoms with E-state index in [2.05, 4.69) is 15.6 Å². The van der Waals surface area contributed by atoms with Crippen molar-refractivity contribution in [1.29, 1.82) is 0 Å². The number of primary sulfonamides is 1. The van der Waals surface area contributed by atoms with Gasteiger partial charge in [-0.3, -0.25) is 9.59 Å². The molecule has 10 heteroatoms. The summed E-state index contributed by atoms with van der Waals surface area (Å²) in [6.07, 6.45) is 0. The molecule has 0 saturated heterocycles. The first-order chi connectivity index (χ1) is 18.7. The molecule has 194 valence electrons. The summed E-state index contributed by atoms with van der Waals surface area (Å²) in [5.41, 5.74) is 3.21. The molecule has 0 radical (unpaired) electrons. The van der Waals surface area contributed by atoms with E-state index in [1.807, 2.05) is 12.1 Å². The number of benzene rings is 4. The quantitative estimate of drug-likeness (QED) is 0.273. The lowest BCUT2D eigenvalue weighted by atomic mass is 10.0. The van der Waals surface area contributed by atoms with Gasteiger partial charge in [0.15, 0.2) is 0 Å². The number of nitrogens with zero attached hydrogens (tertiary/aromatic N) is 1. The van der Waals surface area contributed by atoms with Gasteiger partial charge in [-0.2, -0.15) is 0 Å². The number of fused-ring (bicyclic) bond motifs is 1. The van der Waals surface area contributed by atoms with Crippen LogP contribution in [0.2, 0.25) is 0 Å². The molecule has 0 aliphatic carbocycles. The molecule has 0 aliphatic rings. The van der Waals surface area contributed by atoms with Gasteiger partial charge in [0.2, 0.25) is 10.0 Å². The first-order valence-electron chi connectivity index (χ1n) is 11.7. The van der Waals surface area contributed by atoms with Gasteiger partial charge in [-0.05, 0) is 78.9 Å². The molecule has 2 amide bonds. The Balaban J connectivity index is 1.36. The topological polar surface area (TPSA) is 131 Å². The lowest BCUT2D eigenvalue weighted by Crippen LogP contribution is -2.15. The first-order valence-corrected chi connectivity index (χ1v) is 13.2. The van der Waals surface area contributed by atoms with E-state index in [1.165, 1.54) is 42.5 Å². The number of anilines is 2. The van der Waals surface area contributed by atoms with Crippen LogP contribution in [0.15, 0.2) is 108 Å². The summed E-state index contributed by atoms with van der Waals surface area (Å²) in [6.45, 7) is 0. The summed E-state index contributed by atoms with van der Waals surface area (Å²) in [5.74, 6) is -1.22. The van der Waals surface area contributed by atoms with Crippen molar-refractivity contribution in [2.24, 2.45) is 5.14 Å². The summed E-state index contributed by atoms with van der Waals surface area (Å²) in [5, 5.41) is 11.3. The van der Waals surface area contributed by atoms with E-state index < -0.39 is 15.9 Å². The Bertz CT molecular complexity index is 1820. The highest BCUT2D eigenvalue weighted by molar-refractivity contribution is 7.89. The Kier molecular flexibility index (Phi) is 6.88. The number of hydrogen-bond donors (Lipinski definition) is 3. The van der Waals surface area contributed by atoms with Crippen molar-refractivity contribution in [3.8, 4) is 11.3 Å². The van der Waals surface area contributed by atoms with E-state index in [1.54, 1.807) is 48.5 Å². The van der Waals surface area contributed by atoms with Gasteiger partial charge in [-0.25, -0.2) is 22.9 Å². The van der Waals surface area contributed by atoms with E-state index in [4.69, 9.17) is 5.14 Å². The Labute approximate surface area is 223 Å². The van der Waals surface area contributed by atoms with Crippen molar-refractivity contribution in [2.75, 3.05) is 10.6 Å². The summed E-state index contributed by atoms with van der Waals surface area (Å²) in [4.78, 5) is 30.5. The molecule has 5 aromatic rings. The molecule has 0 atom stereocenters. The van der Waals surface area contributed by atoms with E-state index >= 15 is 0 Å². The number of nitrogens with two attached hydrogens (primary N) is 1. The van der Waals surface area contributed by atoms with Crippen LogP contribution in [0.3, 0.4) is 0 Å². The van der Waals surface area contributed by atoms with Gasteiger partial charge in [-0.1, -0.05) is 24.3 Å². The fraction of sp³-hybridized carbons (Fsp3) is 0. The number of hydrogen-bond acceptors (Lipinski definition) is 5. The molecule has 1 aromatic heterocycles. The zero-order chi connectivity index (χ0) is 27.6. The lowest BCUT2D eigenvalue weighted by molar-refractivity contribution is 0.102. The SMILES string of the molecule is NS(=O)(=O)c1cccc(NC(=O)c2ccc(NC(=O)c3cc(-c4ccc(F)cc4)nc4ccccc34)cc2)c1. The maximum atomic E-state index is 13.4. The van der Waals surface area contributed by atoms with Gasteiger partial charge in [0.1, 0.15) is 5.82 Å². The second kappa shape index (κ2) is 10.4. The third-order valence-electron chi connectivity index (χ3n) is 5.93. The van der Waals surface area contributed by atoms with Crippen molar-refractivity contribution in [3.05, 3.63) is 120 Å². The fourth-order valence-corrected chi connectivity index (χ4v) is 4.55. The Morgan fingerprint density at radius 3 is 2.15 bits per heavy atom. The summed E-state index contributed by atoms with van der Waals surface area (Å²) in [6, 6.07) is 26.6. The number of carbonyl (C=O) groups is 2. The van der Waals surface area contributed by atoms with Crippen molar-refractivity contribution in [3.63, 3.8) is 0 Å². The van der Waals surface area contributed by atoms with Crippen LogP contribution >= 0.6 is 0 Å². The molecule has 8 nitrogen and oxygen atoms in total. The van der Waals surface area contributed by atoms with Crippen LogP contribution < -0.4 is 15.8 Å². The van der Waals surface area contributed by atoms with Gasteiger partial charge >= 0.3 is 0 Å². The second-order valence-electron chi connectivity index (χ2n) is 8.64. The third-order valence-corrected chi connectivity index (χ3v) is 6.84. The van der Waals surface area contributed by atoms with Crippen molar-refractivity contribution in [2.45, 2.75) is 4.90 Å². The highest BCUT2D eigenvalue weighted by atomic mass is 32.2. The molecular formula is C29H21FN4O4S. The zero-order valence-corrected chi connectivity index (χ0v) is 21.1. The highest BCUT2D eigenvalue weighted by Gasteiger charge is 2.15. The van der Waals surface area contributed by atoms with Gasteiger partial charge in [0, 0.05) is 27.9 Å². The first kappa shape index (κ1) is 25.7. The van der Waals surface area contributed by atoms with Crippen LogP contribution in [0.25, 0.3) is 22.2 Å². The molecule has 0 fully saturated rings. The number of sulfonamides is 1. The Hall–Kier alpha value is -4.93. The van der Waals surface area contributed by atoms with Crippen molar-refractivity contribution < 1.29 is 22.4 Å². The van der Waals surface area contributed by atoms with Gasteiger partial charge in [0.05, 0.1) is 21.7 Å². The molecule has 39 heavy (non-hydrogen) atoms. The number of aromatic nitrogens is 1. The van der Waals surface area contributed by atoms with Gasteiger partial charge in [0.25, 0.3) is 11.8 Å². The molecule has 0 bridgehead atoms. The lowest BCUT2D eigenvalue weighted by Gasteiger charge is -2.11. The molecule has 0 aliphatic heterocycles. The maximum Gasteiger partial charge on any atom is 0.256 e. The highest BCUT2D eigenvalue weighted by Crippen LogP contribution is 2.26. The number of rotatable bonds is 6. The zero-order valence-electron chi connectivity index (χ0n) is 20.3. The van der Waals surface area contributed by atoms with Crippen LogP contribution in [-0.2, 0) is 10.0 Å². The summed E-state index contributed by atoms with van der Waals surface area (Å²) in [7, 11) is -3.91. The molecule has 0 saturated carbocycles. The largest absolute Gasteiger partial charge is 0.322 e. The smallest absolute Gasteiger partial charge is 0.256 e. The van der Waals surface area contributed by atoms with Crippen LogP contribution in [0, 0.1) is 5.82 Å². The minimum atomic E-state index is -3.91. The van der Waals surface area contributed by atoms with Gasteiger partial charge in [-0.15, -0.1) is 0 Å². The molecule has 5 rings (SSSR count). The predicted octanol–water partition coefficient (Wildman–Crippen LogP) is 5.19. The predicted molar refractivity (Wildman–Crippen MR) is 147 cm³/mol. The summed E-state index contributed by atoms with van der Waals surface area (Å²) >= 11 is 0. The van der Waals surface area contributed by atoms with E-state index in [0.29, 0.717) is 39.0 Å². The number of halogens is 1. The second-order valence-corrected chi connectivity index (χ2v) is 10.2. The third kappa shape index (κ3) is 5.82. The molecule has 4 aromatic carbocycles. The number of carbonyl (C=O) groups excluding carboxylic acids is 2. The van der Waals surface area contributed by atoms with Crippen molar-refractivity contribution >= 4 is 44.1 Å². The van der Waals surface area contributed by atoms with Crippen LogP contribution in [0.1, 0.15) is 20.7 Å². The van der Waals surface area contributed by atoms with E-state index in [0.717, 1.165) is 0 Å². The van der Waals surface area contributed by atoms with Crippen LogP contribution in [0.5, 0.6) is 0 Å². The standard InChI is InChI=1S/C29H21FN4O4S/c30-20-12-8-18(9-13-20)27-17-25(24-6-1-2-7-26(24)34-27)29(36)32-21-14-10-19(11-15-21)28(35)33-22-4-3-5-23(16-22)39(31,37)38/h1-17H,(H,32,36)(H,33,35)(H2,31,37,38). The molecular weight excluding hydrogens is 519 g/mol. The van der Waals surface area contributed by atoms with E-state index in [9.17, 15) is 22.4 Å². The average molecular weight is 541 g/mol.